The molecule has 2 aromatic rings. The lowest BCUT2D eigenvalue weighted by Gasteiger charge is -2.11. The van der Waals surface area contributed by atoms with Crippen LogP contribution in [0.2, 0.25) is 0 Å². The second-order valence-electron chi connectivity index (χ2n) is 3.71. The third-order valence-electron chi connectivity index (χ3n) is 2.37. The number of hydrogen-bond donors (Lipinski definition) is 0. The van der Waals surface area contributed by atoms with Crippen LogP contribution in [0.3, 0.4) is 0 Å². The van der Waals surface area contributed by atoms with Crippen molar-refractivity contribution >= 4 is 54.6 Å². The standard InChI is InChI=1S/C14H12Cl2S3/c15-13(11-7-3-1-4-8-11)17-19-18-14(16)12-9-5-2-6-10-12/h1-10,13-14H. The first-order chi connectivity index (χ1) is 9.27. The van der Waals surface area contributed by atoms with Crippen LogP contribution in [0.1, 0.15) is 20.5 Å². The van der Waals surface area contributed by atoms with Crippen molar-refractivity contribution in [3.05, 3.63) is 71.8 Å². The Hall–Kier alpha value is 0.0700. The predicted octanol–water partition coefficient (Wildman–Crippen LogP) is 6.89. The maximum atomic E-state index is 6.32. The van der Waals surface area contributed by atoms with Gasteiger partial charge in [0.15, 0.2) is 0 Å². The number of halogens is 2. The quantitative estimate of drug-likeness (QED) is 0.412. The highest BCUT2D eigenvalue weighted by Crippen LogP contribution is 2.52. The summed E-state index contributed by atoms with van der Waals surface area (Å²) >= 11 is 12.6. The molecule has 0 radical (unpaired) electrons. The van der Waals surface area contributed by atoms with Gasteiger partial charge in [0.05, 0.1) is 0 Å². The molecule has 0 bridgehead atoms. The van der Waals surface area contributed by atoms with Gasteiger partial charge in [0, 0.05) is 0 Å². The lowest BCUT2D eigenvalue weighted by atomic mass is 10.2. The van der Waals surface area contributed by atoms with E-state index in [1.54, 1.807) is 31.4 Å². The van der Waals surface area contributed by atoms with E-state index in [9.17, 15) is 0 Å². The Labute approximate surface area is 135 Å². The molecule has 0 saturated heterocycles. The molecule has 100 valence electrons. The molecule has 5 heteroatoms. The first kappa shape index (κ1) is 15.5. The van der Waals surface area contributed by atoms with Crippen molar-refractivity contribution < 1.29 is 0 Å². The van der Waals surface area contributed by atoms with Crippen LogP contribution in [0, 0.1) is 0 Å². The van der Waals surface area contributed by atoms with Crippen molar-refractivity contribution in [1.82, 2.24) is 0 Å². The van der Waals surface area contributed by atoms with Crippen molar-refractivity contribution in [3.8, 4) is 0 Å². The first-order valence-electron chi connectivity index (χ1n) is 5.64. The van der Waals surface area contributed by atoms with Gasteiger partial charge >= 0.3 is 0 Å². The van der Waals surface area contributed by atoms with Crippen LogP contribution in [0.15, 0.2) is 60.7 Å². The van der Waals surface area contributed by atoms with Crippen LogP contribution in [0.4, 0.5) is 0 Å². The zero-order valence-electron chi connectivity index (χ0n) is 9.91. The molecule has 0 heterocycles. The van der Waals surface area contributed by atoms with Crippen molar-refractivity contribution in [3.63, 3.8) is 0 Å². The summed E-state index contributed by atoms with van der Waals surface area (Å²) in [5.41, 5.74) is 2.24. The maximum Gasteiger partial charge on any atom is 0.115 e. The SMILES string of the molecule is ClC(SSSC(Cl)c1ccccc1)c1ccccc1. The van der Waals surface area contributed by atoms with Gasteiger partial charge in [-0.2, -0.15) is 0 Å². The van der Waals surface area contributed by atoms with Gasteiger partial charge in [-0.05, 0) is 21.0 Å². The van der Waals surface area contributed by atoms with E-state index in [1.165, 1.54) is 0 Å². The van der Waals surface area contributed by atoms with Crippen molar-refractivity contribution in [2.24, 2.45) is 0 Å². The van der Waals surface area contributed by atoms with Gasteiger partial charge in [-0.3, -0.25) is 0 Å². The summed E-state index contributed by atoms with van der Waals surface area (Å²) in [4.78, 5) is 0. The second-order valence-corrected chi connectivity index (χ2v) is 9.36. The lowest BCUT2D eigenvalue weighted by Crippen LogP contribution is -1.82. The number of rotatable bonds is 6. The predicted molar refractivity (Wildman–Crippen MR) is 92.8 cm³/mol. The minimum absolute atomic E-state index is 0.0571. The van der Waals surface area contributed by atoms with E-state index in [2.05, 4.69) is 0 Å². The van der Waals surface area contributed by atoms with Gasteiger partial charge in [-0.1, -0.05) is 82.3 Å². The molecule has 0 aliphatic rings. The van der Waals surface area contributed by atoms with Crippen LogP contribution >= 0.6 is 54.6 Å². The molecule has 0 aliphatic carbocycles. The molecule has 0 amide bonds. The van der Waals surface area contributed by atoms with Crippen molar-refractivity contribution in [1.29, 1.82) is 0 Å². The van der Waals surface area contributed by atoms with E-state index in [1.807, 2.05) is 60.7 Å². The largest absolute Gasteiger partial charge is 0.115 e. The van der Waals surface area contributed by atoms with E-state index in [0.717, 1.165) is 11.1 Å². The van der Waals surface area contributed by atoms with Gasteiger partial charge in [-0.15, -0.1) is 23.2 Å². The highest BCUT2D eigenvalue weighted by molar-refractivity contribution is 9.09. The van der Waals surface area contributed by atoms with Crippen LogP contribution in [0.25, 0.3) is 0 Å². The smallest absolute Gasteiger partial charge is 0.105 e. The zero-order chi connectivity index (χ0) is 13.5. The van der Waals surface area contributed by atoms with Gasteiger partial charge in [-0.25, -0.2) is 0 Å². The van der Waals surface area contributed by atoms with E-state index in [4.69, 9.17) is 23.2 Å². The maximum absolute atomic E-state index is 6.32. The van der Waals surface area contributed by atoms with Crippen LogP contribution < -0.4 is 0 Å². The summed E-state index contributed by atoms with van der Waals surface area (Å²) < 4.78 is -0.114. The fourth-order valence-electron chi connectivity index (χ4n) is 1.41. The highest BCUT2D eigenvalue weighted by atomic mass is 35.5. The molecule has 19 heavy (non-hydrogen) atoms. The molecule has 0 N–H and O–H groups in total. The Bertz CT molecular complexity index is 433. The average molecular weight is 347 g/mol. The first-order valence-corrected chi connectivity index (χ1v) is 10.1. The highest BCUT2D eigenvalue weighted by Gasteiger charge is 2.12. The molecule has 0 aromatic heterocycles. The Kier molecular flexibility index (Phi) is 6.82. The van der Waals surface area contributed by atoms with Crippen LogP contribution in [-0.4, -0.2) is 0 Å². The summed E-state index contributed by atoms with van der Waals surface area (Å²) in [6.07, 6.45) is 0. The van der Waals surface area contributed by atoms with E-state index >= 15 is 0 Å². The minimum Gasteiger partial charge on any atom is -0.105 e. The number of benzene rings is 2. The number of alkyl halides is 2. The molecule has 0 nitrogen and oxygen atoms in total. The molecule has 0 fully saturated rings. The summed E-state index contributed by atoms with van der Waals surface area (Å²) in [6.45, 7) is 0. The monoisotopic (exact) mass is 346 g/mol. The van der Waals surface area contributed by atoms with Crippen molar-refractivity contribution in [2.75, 3.05) is 0 Å². The van der Waals surface area contributed by atoms with E-state index < -0.39 is 0 Å². The van der Waals surface area contributed by atoms with Gasteiger partial charge in [0.1, 0.15) is 9.42 Å². The third-order valence-corrected chi connectivity index (χ3v) is 8.12. The van der Waals surface area contributed by atoms with Gasteiger partial charge in [0.2, 0.25) is 0 Å². The molecule has 2 rings (SSSR count). The van der Waals surface area contributed by atoms with E-state index in [-0.39, 0.29) is 9.42 Å². The third kappa shape index (κ3) is 5.16. The molecule has 2 aromatic carbocycles. The molecule has 0 aliphatic heterocycles. The summed E-state index contributed by atoms with van der Waals surface area (Å²) in [7, 11) is 4.85. The minimum atomic E-state index is -0.0571. The lowest BCUT2D eigenvalue weighted by molar-refractivity contribution is 1.37. The van der Waals surface area contributed by atoms with Crippen molar-refractivity contribution in [2.45, 2.75) is 9.42 Å². The topological polar surface area (TPSA) is 0 Å². The molecular formula is C14H12Cl2S3. The molecule has 2 unspecified atom stereocenters. The van der Waals surface area contributed by atoms with Crippen LogP contribution in [0.5, 0.6) is 0 Å². The molecular weight excluding hydrogens is 335 g/mol. The average Bonchev–Trinajstić information content (AvgIpc) is 2.49. The van der Waals surface area contributed by atoms with Crippen LogP contribution in [-0.2, 0) is 0 Å². The Morgan fingerprint density at radius 1 is 0.632 bits per heavy atom. The van der Waals surface area contributed by atoms with Gasteiger partial charge in [0.25, 0.3) is 0 Å². The molecule has 0 spiro atoms. The number of hydrogen-bond acceptors (Lipinski definition) is 3. The Morgan fingerprint density at radius 2 is 1.00 bits per heavy atom. The molecule has 0 saturated carbocycles. The Balaban J connectivity index is 1.78. The zero-order valence-corrected chi connectivity index (χ0v) is 13.9. The Morgan fingerprint density at radius 3 is 1.37 bits per heavy atom. The fourth-order valence-corrected chi connectivity index (χ4v) is 6.89. The normalized spacial score (nSPS) is 14.0. The fraction of sp³-hybridized carbons (Fsp3) is 0.143. The summed E-state index contributed by atoms with van der Waals surface area (Å²) in [5.74, 6) is 0. The summed E-state index contributed by atoms with van der Waals surface area (Å²) in [6, 6.07) is 20.1. The second kappa shape index (κ2) is 8.38. The van der Waals surface area contributed by atoms with E-state index in [0.29, 0.717) is 0 Å². The molecule has 2 atom stereocenters. The van der Waals surface area contributed by atoms with Gasteiger partial charge < -0.3 is 0 Å². The summed E-state index contributed by atoms with van der Waals surface area (Å²) in [5, 5.41) is 0.